The van der Waals surface area contributed by atoms with Crippen molar-refractivity contribution in [2.45, 2.75) is 11.3 Å². The Labute approximate surface area is 148 Å². The summed E-state index contributed by atoms with van der Waals surface area (Å²) in [5.41, 5.74) is 1.43. The van der Waals surface area contributed by atoms with Gasteiger partial charge in [-0.05, 0) is 48.4 Å². The quantitative estimate of drug-likeness (QED) is 0.816. The number of methoxy groups -OCH3 is 1. The van der Waals surface area contributed by atoms with Gasteiger partial charge in [0.15, 0.2) is 0 Å². The molecule has 0 aliphatic carbocycles. The van der Waals surface area contributed by atoms with E-state index in [1.54, 1.807) is 21.2 Å². The lowest BCUT2D eigenvalue weighted by atomic mass is 10.1. The standard InChI is InChI=1S/C18H22N2O4S/c1-20(2)18(21)15-7-9-17(10-8-15)25(22,23)19-12-11-14-5-4-6-16(13-14)24-3/h4-10,13,19H,11-12H2,1-3H3. The largest absolute Gasteiger partial charge is 0.497 e. The predicted octanol–water partition coefficient (Wildman–Crippen LogP) is 1.92. The van der Waals surface area contributed by atoms with Crippen molar-refractivity contribution in [3.05, 3.63) is 59.7 Å². The summed E-state index contributed by atoms with van der Waals surface area (Å²) in [5.74, 6) is 0.566. The molecule has 0 bridgehead atoms. The van der Waals surface area contributed by atoms with Gasteiger partial charge in [-0.15, -0.1) is 0 Å². The maximum atomic E-state index is 12.3. The fraction of sp³-hybridized carbons (Fsp3) is 0.278. The van der Waals surface area contributed by atoms with Crippen molar-refractivity contribution in [2.24, 2.45) is 0 Å². The summed E-state index contributed by atoms with van der Waals surface area (Å²) < 4.78 is 32.4. The molecule has 1 amide bonds. The van der Waals surface area contributed by atoms with Crippen LogP contribution in [0.3, 0.4) is 0 Å². The molecule has 0 aromatic heterocycles. The predicted molar refractivity (Wildman–Crippen MR) is 96.3 cm³/mol. The molecule has 2 aromatic carbocycles. The molecule has 134 valence electrons. The second-order valence-electron chi connectivity index (χ2n) is 5.72. The Morgan fingerprint density at radius 1 is 1.12 bits per heavy atom. The first-order valence-electron chi connectivity index (χ1n) is 7.78. The number of amides is 1. The van der Waals surface area contributed by atoms with E-state index in [1.165, 1.54) is 29.2 Å². The third-order valence-electron chi connectivity index (χ3n) is 3.66. The molecule has 0 fully saturated rings. The summed E-state index contributed by atoms with van der Waals surface area (Å²) in [7, 11) is 1.27. The van der Waals surface area contributed by atoms with Crippen LogP contribution < -0.4 is 9.46 Å². The highest BCUT2D eigenvalue weighted by molar-refractivity contribution is 7.89. The minimum Gasteiger partial charge on any atom is -0.497 e. The van der Waals surface area contributed by atoms with E-state index in [9.17, 15) is 13.2 Å². The molecule has 0 spiro atoms. The number of carbonyl (C=O) groups excluding carboxylic acids is 1. The van der Waals surface area contributed by atoms with Gasteiger partial charge in [-0.3, -0.25) is 4.79 Å². The van der Waals surface area contributed by atoms with E-state index in [2.05, 4.69) is 4.72 Å². The van der Waals surface area contributed by atoms with Crippen LogP contribution in [0.5, 0.6) is 5.75 Å². The number of nitrogens with one attached hydrogen (secondary N) is 1. The first kappa shape index (κ1) is 19.0. The first-order chi connectivity index (χ1) is 11.8. The average molecular weight is 362 g/mol. The molecule has 0 saturated carbocycles. The molecular weight excluding hydrogens is 340 g/mol. The molecule has 0 saturated heterocycles. The zero-order valence-electron chi connectivity index (χ0n) is 14.5. The number of nitrogens with zero attached hydrogens (tertiary/aromatic N) is 1. The molecule has 1 N–H and O–H groups in total. The SMILES string of the molecule is COc1cccc(CCNS(=O)(=O)c2ccc(C(=O)N(C)C)cc2)c1. The van der Waals surface area contributed by atoms with Crippen molar-refractivity contribution < 1.29 is 17.9 Å². The average Bonchev–Trinajstić information content (AvgIpc) is 2.61. The highest BCUT2D eigenvalue weighted by Crippen LogP contribution is 2.14. The van der Waals surface area contributed by atoms with E-state index in [0.717, 1.165) is 11.3 Å². The van der Waals surface area contributed by atoms with Crippen LogP contribution in [0, 0.1) is 0 Å². The van der Waals surface area contributed by atoms with Gasteiger partial charge in [0, 0.05) is 26.2 Å². The van der Waals surface area contributed by atoms with Crippen molar-refractivity contribution in [1.82, 2.24) is 9.62 Å². The number of sulfonamides is 1. The Balaban J connectivity index is 2.00. The van der Waals surface area contributed by atoms with Crippen molar-refractivity contribution in [3.63, 3.8) is 0 Å². The molecule has 0 radical (unpaired) electrons. The lowest BCUT2D eigenvalue weighted by Gasteiger charge is -2.11. The topological polar surface area (TPSA) is 75.7 Å². The minimum atomic E-state index is -3.61. The lowest BCUT2D eigenvalue weighted by molar-refractivity contribution is 0.0827. The second-order valence-corrected chi connectivity index (χ2v) is 7.49. The van der Waals surface area contributed by atoms with Gasteiger partial charge in [0.05, 0.1) is 12.0 Å². The fourth-order valence-corrected chi connectivity index (χ4v) is 3.31. The van der Waals surface area contributed by atoms with E-state index < -0.39 is 10.0 Å². The van der Waals surface area contributed by atoms with Crippen molar-refractivity contribution >= 4 is 15.9 Å². The van der Waals surface area contributed by atoms with Gasteiger partial charge in [-0.25, -0.2) is 13.1 Å². The maximum absolute atomic E-state index is 12.3. The molecule has 0 unspecified atom stereocenters. The molecule has 0 atom stereocenters. The molecule has 7 heteroatoms. The minimum absolute atomic E-state index is 0.133. The molecule has 0 heterocycles. The summed E-state index contributed by atoms with van der Waals surface area (Å²) in [6.45, 7) is 0.272. The number of hydrogen-bond acceptors (Lipinski definition) is 4. The van der Waals surface area contributed by atoms with E-state index in [-0.39, 0.29) is 17.3 Å². The van der Waals surface area contributed by atoms with Gasteiger partial charge >= 0.3 is 0 Å². The summed E-state index contributed by atoms with van der Waals surface area (Å²) in [5, 5.41) is 0. The molecule has 2 aromatic rings. The number of carbonyl (C=O) groups is 1. The first-order valence-corrected chi connectivity index (χ1v) is 9.26. The highest BCUT2D eigenvalue weighted by atomic mass is 32.2. The number of hydrogen-bond donors (Lipinski definition) is 1. The summed E-state index contributed by atoms with van der Waals surface area (Å²) in [6, 6.07) is 13.4. The summed E-state index contributed by atoms with van der Waals surface area (Å²) >= 11 is 0. The smallest absolute Gasteiger partial charge is 0.253 e. The highest BCUT2D eigenvalue weighted by Gasteiger charge is 2.15. The van der Waals surface area contributed by atoms with Crippen LogP contribution in [0.4, 0.5) is 0 Å². The molecular formula is C18H22N2O4S. The number of ether oxygens (including phenoxy) is 1. The van der Waals surface area contributed by atoms with E-state index in [0.29, 0.717) is 12.0 Å². The van der Waals surface area contributed by atoms with Crippen LogP contribution in [0.2, 0.25) is 0 Å². The molecule has 25 heavy (non-hydrogen) atoms. The third kappa shape index (κ3) is 5.04. The lowest BCUT2D eigenvalue weighted by Crippen LogP contribution is -2.26. The third-order valence-corrected chi connectivity index (χ3v) is 5.13. The molecule has 0 aliphatic heterocycles. The van der Waals surface area contributed by atoms with Gasteiger partial charge in [0.25, 0.3) is 5.91 Å². The number of rotatable bonds is 7. The van der Waals surface area contributed by atoms with Crippen LogP contribution in [-0.2, 0) is 16.4 Å². The summed E-state index contributed by atoms with van der Waals surface area (Å²) in [4.78, 5) is 13.4. The van der Waals surface area contributed by atoms with Crippen molar-refractivity contribution in [3.8, 4) is 5.75 Å². The Kier molecular flexibility index (Phi) is 6.17. The summed E-state index contributed by atoms with van der Waals surface area (Å²) in [6.07, 6.45) is 0.549. The molecule has 0 aliphatic rings. The van der Waals surface area contributed by atoms with E-state index >= 15 is 0 Å². The van der Waals surface area contributed by atoms with Crippen LogP contribution >= 0.6 is 0 Å². The monoisotopic (exact) mass is 362 g/mol. The van der Waals surface area contributed by atoms with Crippen LogP contribution in [0.25, 0.3) is 0 Å². The Bertz CT molecular complexity index is 830. The second kappa shape index (κ2) is 8.13. The van der Waals surface area contributed by atoms with Gasteiger partial charge in [-0.1, -0.05) is 12.1 Å². The van der Waals surface area contributed by atoms with Crippen molar-refractivity contribution in [1.29, 1.82) is 0 Å². The van der Waals surface area contributed by atoms with Gasteiger partial charge in [0.2, 0.25) is 10.0 Å². The van der Waals surface area contributed by atoms with Gasteiger partial charge in [-0.2, -0.15) is 0 Å². The van der Waals surface area contributed by atoms with E-state index in [1.807, 2.05) is 24.3 Å². The Hall–Kier alpha value is -2.38. The Morgan fingerprint density at radius 2 is 1.80 bits per heavy atom. The Morgan fingerprint density at radius 3 is 2.40 bits per heavy atom. The number of benzene rings is 2. The molecule has 2 rings (SSSR count). The van der Waals surface area contributed by atoms with Crippen LogP contribution in [-0.4, -0.2) is 47.0 Å². The van der Waals surface area contributed by atoms with Crippen LogP contribution in [0.1, 0.15) is 15.9 Å². The van der Waals surface area contributed by atoms with Gasteiger partial charge < -0.3 is 9.64 Å². The van der Waals surface area contributed by atoms with Crippen molar-refractivity contribution in [2.75, 3.05) is 27.7 Å². The molecule has 6 nitrogen and oxygen atoms in total. The fourth-order valence-electron chi connectivity index (χ4n) is 2.28. The zero-order valence-corrected chi connectivity index (χ0v) is 15.3. The normalized spacial score (nSPS) is 11.2. The maximum Gasteiger partial charge on any atom is 0.253 e. The van der Waals surface area contributed by atoms with E-state index in [4.69, 9.17) is 4.74 Å². The van der Waals surface area contributed by atoms with Gasteiger partial charge in [0.1, 0.15) is 5.75 Å². The van der Waals surface area contributed by atoms with Crippen LogP contribution in [0.15, 0.2) is 53.4 Å². The zero-order chi connectivity index (χ0) is 18.4.